The number of fused-ring (bicyclic) bond motifs is 1. The summed E-state index contributed by atoms with van der Waals surface area (Å²) in [4.78, 5) is 9.94. The zero-order valence-electron chi connectivity index (χ0n) is 12.4. The maximum absolute atomic E-state index is 12.8. The van der Waals surface area contributed by atoms with Crippen LogP contribution >= 0.6 is 0 Å². The van der Waals surface area contributed by atoms with Gasteiger partial charge in [0.25, 0.3) is 0 Å². The molecule has 0 fully saturated rings. The third kappa shape index (κ3) is 3.61. The highest BCUT2D eigenvalue weighted by Crippen LogP contribution is 2.37. The zero-order valence-corrected chi connectivity index (χ0v) is 12.4. The number of rotatable bonds is 3. The van der Waals surface area contributed by atoms with Gasteiger partial charge in [-0.05, 0) is 18.2 Å². The van der Waals surface area contributed by atoms with Crippen LogP contribution in [-0.4, -0.2) is 42.8 Å². The number of nitrogens with zero attached hydrogens (tertiary/aromatic N) is 5. The number of aromatic nitrogens is 2. The maximum atomic E-state index is 12.8. The molecule has 3 rings (SSSR count). The standard InChI is InChI=1S/C14H15F3N6/c1-22-6-7-23(9-14(15,16)17)12-8-10(2-3-11(12)22)20-21-13-18-4-5-19-13/h2-5,8H,6-7,9H2,1H3,(H,18,19)/b21-20+. The van der Waals surface area contributed by atoms with Gasteiger partial charge in [0.2, 0.25) is 5.95 Å². The second-order valence-corrected chi connectivity index (χ2v) is 5.24. The average molecular weight is 324 g/mol. The molecule has 0 saturated carbocycles. The number of halogens is 3. The number of benzene rings is 1. The molecular weight excluding hydrogens is 309 g/mol. The Labute approximate surface area is 130 Å². The molecule has 1 N–H and O–H groups in total. The van der Waals surface area contributed by atoms with Gasteiger partial charge < -0.3 is 14.8 Å². The van der Waals surface area contributed by atoms with E-state index in [-0.39, 0.29) is 0 Å². The summed E-state index contributed by atoms with van der Waals surface area (Å²) in [5, 5.41) is 7.93. The van der Waals surface area contributed by atoms with Crippen LogP contribution < -0.4 is 9.80 Å². The highest BCUT2D eigenvalue weighted by Gasteiger charge is 2.33. The van der Waals surface area contributed by atoms with E-state index in [1.165, 1.54) is 4.90 Å². The summed E-state index contributed by atoms with van der Waals surface area (Å²) in [6.07, 6.45) is -1.10. The number of hydrogen-bond acceptors (Lipinski definition) is 5. The van der Waals surface area contributed by atoms with E-state index in [4.69, 9.17) is 0 Å². The summed E-state index contributed by atoms with van der Waals surface area (Å²) in [6.45, 7) is -0.134. The predicted molar refractivity (Wildman–Crippen MR) is 80.7 cm³/mol. The molecule has 9 heteroatoms. The normalized spacial score (nSPS) is 15.3. The second-order valence-electron chi connectivity index (χ2n) is 5.24. The van der Waals surface area contributed by atoms with Crippen molar-refractivity contribution >= 4 is 23.0 Å². The van der Waals surface area contributed by atoms with Crippen molar-refractivity contribution in [2.45, 2.75) is 6.18 Å². The van der Waals surface area contributed by atoms with Crippen LogP contribution in [-0.2, 0) is 0 Å². The van der Waals surface area contributed by atoms with Gasteiger partial charge in [-0.25, -0.2) is 4.98 Å². The van der Waals surface area contributed by atoms with E-state index >= 15 is 0 Å². The lowest BCUT2D eigenvalue weighted by atomic mass is 10.1. The second kappa shape index (κ2) is 5.90. The van der Waals surface area contributed by atoms with Gasteiger partial charge in [-0.1, -0.05) is 0 Å². The van der Waals surface area contributed by atoms with Gasteiger partial charge in [-0.15, -0.1) is 10.2 Å². The number of hydrogen-bond donors (Lipinski definition) is 1. The van der Waals surface area contributed by atoms with E-state index in [1.807, 2.05) is 11.9 Å². The molecule has 122 valence electrons. The van der Waals surface area contributed by atoms with Crippen molar-refractivity contribution < 1.29 is 13.2 Å². The molecule has 0 atom stereocenters. The Hall–Kier alpha value is -2.58. The minimum atomic E-state index is -4.25. The van der Waals surface area contributed by atoms with Crippen LogP contribution in [0.1, 0.15) is 0 Å². The molecule has 0 bridgehead atoms. The van der Waals surface area contributed by atoms with Crippen LogP contribution in [0.5, 0.6) is 0 Å². The Balaban J connectivity index is 1.90. The first-order valence-corrected chi connectivity index (χ1v) is 7.00. The lowest BCUT2D eigenvalue weighted by molar-refractivity contribution is -0.119. The fraction of sp³-hybridized carbons (Fsp3) is 0.357. The lowest BCUT2D eigenvalue weighted by Crippen LogP contribution is -2.43. The van der Waals surface area contributed by atoms with Crippen molar-refractivity contribution in [3.05, 3.63) is 30.6 Å². The predicted octanol–water partition coefficient (Wildman–Crippen LogP) is 3.64. The SMILES string of the molecule is CN1CCN(CC(F)(F)F)c2cc(/N=N/c3ncc[nH]3)ccc21. The van der Waals surface area contributed by atoms with Gasteiger partial charge in [-0.3, -0.25) is 0 Å². The summed E-state index contributed by atoms with van der Waals surface area (Å²) in [5.41, 5.74) is 1.73. The molecule has 2 aromatic rings. The molecule has 0 spiro atoms. The van der Waals surface area contributed by atoms with Crippen molar-refractivity contribution in [1.82, 2.24) is 9.97 Å². The number of imidazole rings is 1. The van der Waals surface area contributed by atoms with Crippen LogP contribution in [0.25, 0.3) is 0 Å². The zero-order chi connectivity index (χ0) is 16.4. The van der Waals surface area contributed by atoms with Crippen LogP contribution in [0.2, 0.25) is 0 Å². The number of azo groups is 1. The molecule has 0 aliphatic carbocycles. The van der Waals surface area contributed by atoms with Crippen molar-refractivity contribution in [2.75, 3.05) is 36.5 Å². The Morgan fingerprint density at radius 1 is 1.22 bits per heavy atom. The Morgan fingerprint density at radius 2 is 2.04 bits per heavy atom. The molecule has 23 heavy (non-hydrogen) atoms. The van der Waals surface area contributed by atoms with Gasteiger partial charge in [0.1, 0.15) is 6.54 Å². The monoisotopic (exact) mass is 324 g/mol. The maximum Gasteiger partial charge on any atom is 0.405 e. The molecule has 2 heterocycles. The van der Waals surface area contributed by atoms with Crippen LogP contribution in [0.4, 0.5) is 36.2 Å². The molecule has 1 aliphatic rings. The molecule has 0 unspecified atom stereocenters. The number of aromatic amines is 1. The van der Waals surface area contributed by atoms with E-state index in [1.54, 1.807) is 30.6 Å². The summed E-state index contributed by atoms with van der Waals surface area (Å²) in [5.74, 6) is 0.340. The Morgan fingerprint density at radius 3 is 2.74 bits per heavy atom. The van der Waals surface area contributed by atoms with Gasteiger partial charge in [0, 0.05) is 32.5 Å². The van der Waals surface area contributed by atoms with E-state index in [0.717, 1.165) is 5.69 Å². The van der Waals surface area contributed by atoms with Crippen molar-refractivity contribution in [3.63, 3.8) is 0 Å². The van der Waals surface area contributed by atoms with Crippen LogP contribution in [0.3, 0.4) is 0 Å². The summed E-state index contributed by atoms with van der Waals surface area (Å²) in [6, 6.07) is 5.09. The van der Waals surface area contributed by atoms with Gasteiger partial charge in [0.05, 0.1) is 17.1 Å². The summed E-state index contributed by atoms with van der Waals surface area (Å²) in [7, 11) is 1.85. The van der Waals surface area contributed by atoms with E-state index in [9.17, 15) is 13.2 Å². The summed E-state index contributed by atoms with van der Waals surface area (Å²) >= 11 is 0. The third-order valence-corrected chi connectivity index (χ3v) is 3.53. The number of anilines is 2. The highest BCUT2D eigenvalue weighted by atomic mass is 19.4. The van der Waals surface area contributed by atoms with Gasteiger partial charge in [0.15, 0.2) is 0 Å². The van der Waals surface area contributed by atoms with Crippen molar-refractivity contribution in [3.8, 4) is 0 Å². The number of nitrogens with one attached hydrogen (secondary N) is 1. The fourth-order valence-corrected chi connectivity index (χ4v) is 2.46. The van der Waals surface area contributed by atoms with E-state index < -0.39 is 12.7 Å². The molecular formula is C14H15F3N6. The number of likely N-dealkylation sites (N-methyl/N-ethyl adjacent to an activating group) is 1. The quantitative estimate of drug-likeness (QED) is 0.877. The molecule has 1 aromatic carbocycles. The van der Waals surface area contributed by atoms with Crippen molar-refractivity contribution in [2.24, 2.45) is 10.2 Å². The smallest absolute Gasteiger partial charge is 0.371 e. The van der Waals surface area contributed by atoms with E-state index in [0.29, 0.717) is 30.4 Å². The molecule has 0 radical (unpaired) electrons. The van der Waals surface area contributed by atoms with Crippen LogP contribution in [0, 0.1) is 0 Å². The van der Waals surface area contributed by atoms with Gasteiger partial charge in [-0.2, -0.15) is 13.2 Å². The molecule has 0 saturated heterocycles. The third-order valence-electron chi connectivity index (χ3n) is 3.53. The lowest BCUT2D eigenvalue weighted by Gasteiger charge is -2.37. The number of H-pyrrole nitrogens is 1. The first-order valence-electron chi connectivity index (χ1n) is 7.00. The minimum absolute atomic E-state index is 0.307. The van der Waals surface area contributed by atoms with Crippen molar-refractivity contribution in [1.29, 1.82) is 0 Å². The molecule has 1 aromatic heterocycles. The first kappa shape index (κ1) is 15.3. The molecule has 6 nitrogen and oxygen atoms in total. The highest BCUT2D eigenvalue weighted by molar-refractivity contribution is 5.76. The minimum Gasteiger partial charge on any atom is -0.371 e. The largest absolute Gasteiger partial charge is 0.405 e. The van der Waals surface area contributed by atoms with Gasteiger partial charge >= 0.3 is 6.18 Å². The Bertz CT molecular complexity index is 695. The topological polar surface area (TPSA) is 59.9 Å². The fourth-order valence-electron chi connectivity index (χ4n) is 2.46. The Kier molecular flexibility index (Phi) is 3.93. The average Bonchev–Trinajstić information content (AvgIpc) is 3.00. The summed E-state index contributed by atoms with van der Waals surface area (Å²) < 4.78 is 38.3. The molecule has 0 amide bonds. The van der Waals surface area contributed by atoms with Crippen LogP contribution in [0.15, 0.2) is 40.8 Å². The number of alkyl halides is 3. The van der Waals surface area contributed by atoms with E-state index in [2.05, 4.69) is 20.2 Å². The molecule has 1 aliphatic heterocycles. The first-order chi connectivity index (χ1) is 10.9.